The van der Waals surface area contributed by atoms with Gasteiger partial charge in [0.15, 0.2) is 0 Å². The summed E-state index contributed by atoms with van der Waals surface area (Å²) in [6, 6.07) is 0. The molecule has 4 nitrogen and oxygen atoms in total. The number of ether oxygens (including phenoxy) is 1. The lowest BCUT2D eigenvalue weighted by molar-refractivity contribution is 0.0293. The summed E-state index contributed by atoms with van der Waals surface area (Å²) in [6.45, 7) is 1.56. The van der Waals surface area contributed by atoms with Crippen molar-refractivity contribution in [1.82, 2.24) is 0 Å². The molecule has 1 N–H and O–H groups in total. The van der Waals surface area contributed by atoms with E-state index in [0.717, 1.165) is 25.7 Å². The Kier molecular flexibility index (Phi) is 4.34. The van der Waals surface area contributed by atoms with Gasteiger partial charge in [-0.3, -0.25) is 4.55 Å². The molecule has 0 aliphatic heterocycles. The summed E-state index contributed by atoms with van der Waals surface area (Å²) in [5, 5.41) is -0.815. The second kappa shape index (κ2) is 5.09. The lowest BCUT2D eigenvalue weighted by atomic mass is 9.98. The van der Waals surface area contributed by atoms with E-state index in [1.165, 1.54) is 13.3 Å². The topological polar surface area (TPSA) is 63.6 Å². The first-order valence-electron chi connectivity index (χ1n) is 5.08. The van der Waals surface area contributed by atoms with Crippen LogP contribution in [0.25, 0.3) is 0 Å². The van der Waals surface area contributed by atoms with Crippen molar-refractivity contribution in [2.45, 2.75) is 50.4 Å². The van der Waals surface area contributed by atoms with Crippen molar-refractivity contribution in [3.8, 4) is 0 Å². The minimum absolute atomic E-state index is 0.101. The summed E-state index contributed by atoms with van der Waals surface area (Å²) in [4.78, 5) is 0. The van der Waals surface area contributed by atoms with Crippen LogP contribution in [0.4, 0.5) is 0 Å². The maximum Gasteiger partial charge on any atom is 0.269 e. The first kappa shape index (κ1) is 11.9. The van der Waals surface area contributed by atoms with Crippen LogP contribution >= 0.6 is 0 Å². The first-order valence-corrected chi connectivity index (χ1v) is 6.58. The van der Waals surface area contributed by atoms with Crippen LogP contribution in [0.15, 0.2) is 0 Å². The highest BCUT2D eigenvalue weighted by atomic mass is 32.2. The molecule has 0 bridgehead atoms. The minimum atomic E-state index is -3.93. The second-order valence-electron chi connectivity index (χ2n) is 3.92. The molecule has 1 atom stereocenters. The highest BCUT2D eigenvalue weighted by Crippen LogP contribution is 2.20. The summed E-state index contributed by atoms with van der Waals surface area (Å²) in [7, 11) is -3.93. The number of hydrogen-bond donors (Lipinski definition) is 1. The summed E-state index contributed by atoms with van der Waals surface area (Å²) >= 11 is 0. The minimum Gasteiger partial charge on any atom is -0.377 e. The van der Waals surface area contributed by atoms with E-state index in [-0.39, 0.29) is 12.7 Å². The molecule has 0 aromatic carbocycles. The van der Waals surface area contributed by atoms with Gasteiger partial charge in [-0.25, -0.2) is 0 Å². The largest absolute Gasteiger partial charge is 0.377 e. The molecular formula is C9H18O4S. The zero-order valence-corrected chi connectivity index (χ0v) is 9.29. The van der Waals surface area contributed by atoms with Crippen molar-refractivity contribution >= 4 is 10.1 Å². The van der Waals surface area contributed by atoms with Crippen LogP contribution in [0.3, 0.4) is 0 Å². The average Bonchev–Trinajstić information content (AvgIpc) is 2.14. The molecule has 5 heteroatoms. The van der Waals surface area contributed by atoms with Gasteiger partial charge >= 0.3 is 0 Å². The van der Waals surface area contributed by atoms with Gasteiger partial charge in [-0.2, -0.15) is 8.42 Å². The molecule has 1 rings (SSSR count). The van der Waals surface area contributed by atoms with Crippen molar-refractivity contribution in [2.24, 2.45) is 0 Å². The van der Waals surface area contributed by atoms with Crippen LogP contribution in [0.1, 0.15) is 39.0 Å². The van der Waals surface area contributed by atoms with Crippen LogP contribution in [-0.4, -0.2) is 30.9 Å². The Morgan fingerprint density at radius 3 is 2.43 bits per heavy atom. The Morgan fingerprint density at radius 2 is 1.93 bits per heavy atom. The average molecular weight is 222 g/mol. The highest BCUT2D eigenvalue weighted by Gasteiger charge is 2.20. The molecule has 1 unspecified atom stereocenters. The van der Waals surface area contributed by atoms with Crippen LogP contribution in [0.5, 0.6) is 0 Å². The molecular weight excluding hydrogens is 204 g/mol. The first-order chi connectivity index (χ1) is 6.50. The van der Waals surface area contributed by atoms with Gasteiger partial charge in [-0.15, -0.1) is 0 Å². The van der Waals surface area contributed by atoms with Gasteiger partial charge in [0.05, 0.1) is 12.7 Å². The van der Waals surface area contributed by atoms with Crippen molar-refractivity contribution in [1.29, 1.82) is 0 Å². The van der Waals surface area contributed by atoms with Gasteiger partial charge in [-0.05, 0) is 19.8 Å². The summed E-state index contributed by atoms with van der Waals surface area (Å²) in [6.07, 6.45) is 5.77. The van der Waals surface area contributed by atoms with Crippen molar-refractivity contribution in [3.63, 3.8) is 0 Å². The van der Waals surface area contributed by atoms with Gasteiger partial charge in [0, 0.05) is 0 Å². The van der Waals surface area contributed by atoms with Gasteiger partial charge < -0.3 is 4.74 Å². The second-order valence-corrected chi connectivity index (χ2v) is 5.75. The van der Waals surface area contributed by atoms with Crippen LogP contribution in [-0.2, 0) is 14.9 Å². The molecule has 0 aromatic rings. The number of rotatable bonds is 4. The maximum atomic E-state index is 10.7. The lowest BCUT2D eigenvalue weighted by Gasteiger charge is -2.23. The smallest absolute Gasteiger partial charge is 0.269 e. The molecule has 0 saturated heterocycles. The Labute approximate surface area is 85.4 Å². The zero-order valence-electron chi connectivity index (χ0n) is 8.48. The fourth-order valence-electron chi connectivity index (χ4n) is 1.59. The van der Waals surface area contributed by atoms with Crippen molar-refractivity contribution in [3.05, 3.63) is 0 Å². The van der Waals surface area contributed by atoms with E-state index < -0.39 is 15.4 Å². The fourth-order valence-corrected chi connectivity index (χ4v) is 1.84. The van der Waals surface area contributed by atoms with E-state index in [1.807, 2.05) is 0 Å². The third kappa shape index (κ3) is 3.94. The molecule has 0 amide bonds. The van der Waals surface area contributed by atoms with E-state index >= 15 is 0 Å². The summed E-state index contributed by atoms with van der Waals surface area (Å²) in [5.41, 5.74) is 0. The Hall–Kier alpha value is -0.130. The molecule has 0 aromatic heterocycles. The van der Waals surface area contributed by atoms with Gasteiger partial charge in [0.2, 0.25) is 0 Å². The third-order valence-electron chi connectivity index (χ3n) is 2.63. The monoisotopic (exact) mass is 222 g/mol. The Morgan fingerprint density at radius 1 is 1.36 bits per heavy atom. The molecule has 1 aliphatic rings. The predicted molar refractivity (Wildman–Crippen MR) is 53.8 cm³/mol. The third-order valence-corrected chi connectivity index (χ3v) is 3.78. The fraction of sp³-hybridized carbons (Fsp3) is 1.00. The van der Waals surface area contributed by atoms with Gasteiger partial charge in [0.25, 0.3) is 10.1 Å². The van der Waals surface area contributed by atoms with Crippen LogP contribution in [0, 0.1) is 0 Å². The van der Waals surface area contributed by atoms with E-state index in [4.69, 9.17) is 9.29 Å². The molecule has 0 radical (unpaired) electrons. The molecule has 0 heterocycles. The van der Waals surface area contributed by atoms with Crippen molar-refractivity contribution in [2.75, 3.05) is 6.61 Å². The van der Waals surface area contributed by atoms with E-state index in [9.17, 15) is 8.42 Å². The Balaban J connectivity index is 2.25. The normalized spacial score (nSPS) is 22.1. The Bertz CT molecular complexity index is 254. The SMILES string of the molecule is CC(COC1CCCCC1)S(=O)(=O)O. The molecule has 0 spiro atoms. The maximum absolute atomic E-state index is 10.7. The van der Waals surface area contributed by atoms with E-state index in [2.05, 4.69) is 0 Å². The zero-order chi connectivity index (χ0) is 10.6. The predicted octanol–water partition coefficient (Wildman–Crippen LogP) is 1.61. The molecule has 1 aliphatic carbocycles. The van der Waals surface area contributed by atoms with E-state index in [0.29, 0.717) is 0 Å². The summed E-state index contributed by atoms with van der Waals surface area (Å²) in [5.74, 6) is 0. The highest BCUT2D eigenvalue weighted by molar-refractivity contribution is 7.86. The quantitative estimate of drug-likeness (QED) is 0.734. The standard InChI is InChI=1S/C9H18O4S/c1-8(14(10,11)12)7-13-9-5-3-2-4-6-9/h8-9H,2-7H2,1H3,(H,10,11,12). The van der Waals surface area contributed by atoms with Crippen LogP contribution in [0.2, 0.25) is 0 Å². The van der Waals surface area contributed by atoms with Gasteiger partial charge in [0.1, 0.15) is 5.25 Å². The van der Waals surface area contributed by atoms with E-state index in [1.54, 1.807) is 0 Å². The van der Waals surface area contributed by atoms with Crippen LogP contribution < -0.4 is 0 Å². The lowest BCUT2D eigenvalue weighted by Crippen LogP contribution is -2.27. The number of hydrogen-bond acceptors (Lipinski definition) is 3. The summed E-state index contributed by atoms with van der Waals surface area (Å²) < 4.78 is 35.5. The van der Waals surface area contributed by atoms with Crippen molar-refractivity contribution < 1.29 is 17.7 Å². The molecule has 84 valence electrons. The molecule has 1 saturated carbocycles. The molecule has 14 heavy (non-hydrogen) atoms. The van der Waals surface area contributed by atoms with Gasteiger partial charge in [-0.1, -0.05) is 19.3 Å². The molecule has 1 fully saturated rings.